The highest BCUT2D eigenvalue weighted by atomic mass is 15.2. The second-order valence-corrected chi connectivity index (χ2v) is 3.41. The number of azide groups is 1. The van der Waals surface area contributed by atoms with E-state index in [4.69, 9.17) is 5.53 Å². The van der Waals surface area contributed by atoms with Crippen LogP contribution in [-0.2, 0) is 0 Å². The molecule has 0 aromatic heterocycles. The Morgan fingerprint density at radius 1 is 1.36 bits per heavy atom. The lowest BCUT2D eigenvalue weighted by Crippen LogP contribution is -2.49. The number of fused-ring (bicyclic) bond motifs is 3. The van der Waals surface area contributed by atoms with E-state index >= 15 is 0 Å². The van der Waals surface area contributed by atoms with Gasteiger partial charge in [-0.15, -0.1) is 0 Å². The van der Waals surface area contributed by atoms with Crippen molar-refractivity contribution in [3.8, 4) is 0 Å². The summed E-state index contributed by atoms with van der Waals surface area (Å²) >= 11 is 0. The van der Waals surface area contributed by atoms with Gasteiger partial charge in [0.05, 0.1) is 6.04 Å². The zero-order chi connectivity index (χ0) is 7.68. The van der Waals surface area contributed by atoms with Crippen LogP contribution in [0.15, 0.2) is 5.11 Å². The van der Waals surface area contributed by atoms with Crippen molar-refractivity contribution in [3.05, 3.63) is 10.4 Å². The van der Waals surface area contributed by atoms with E-state index in [2.05, 4.69) is 14.9 Å². The molecule has 3 saturated heterocycles. The van der Waals surface area contributed by atoms with E-state index in [-0.39, 0.29) is 6.04 Å². The Morgan fingerprint density at radius 2 is 2.09 bits per heavy atom. The van der Waals surface area contributed by atoms with E-state index in [0.29, 0.717) is 5.92 Å². The molecule has 60 valence electrons. The molecule has 3 rings (SSSR count). The van der Waals surface area contributed by atoms with Gasteiger partial charge in [0.15, 0.2) is 0 Å². The summed E-state index contributed by atoms with van der Waals surface area (Å²) in [6.07, 6.45) is 2.45. The maximum Gasteiger partial charge on any atom is 0.0530 e. The Kier molecular flexibility index (Phi) is 1.72. The van der Waals surface area contributed by atoms with Gasteiger partial charge in [0, 0.05) is 11.5 Å². The van der Waals surface area contributed by atoms with Crippen LogP contribution in [0.25, 0.3) is 10.4 Å². The topological polar surface area (TPSA) is 52.0 Å². The predicted octanol–water partition coefficient (Wildman–Crippen LogP) is 1.39. The van der Waals surface area contributed by atoms with Crippen molar-refractivity contribution >= 4 is 0 Å². The molecular weight excluding hydrogens is 140 g/mol. The van der Waals surface area contributed by atoms with Gasteiger partial charge in [0.1, 0.15) is 0 Å². The van der Waals surface area contributed by atoms with Gasteiger partial charge in [-0.1, -0.05) is 5.11 Å². The fraction of sp³-hybridized carbons (Fsp3) is 1.00. The summed E-state index contributed by atoms with van der Waals surface area (Å²) in [6.45, 7) is 3.42. The van der Waals surface area contributed by atoms with Gasteiger partial charge in [-0.05, 0) is 37.4 Å². The average molecular weight is 152 g/mol. The Balaban J connectivity index is 2.08. The summed E-state index contributed by atoms with van der Waals surface area (Å²) in [4.78, 5) is 5.26. The van der Waals surface area contributed by atoms with Crippen molar-refractivity contribution in [2.45, 2.75) is 18.9 Å². The van der Waals surface area contributed by atoms with Crippen molar-refractivity contribution in [2.24, 2.45) is 11.0 Å². The standard InChI is InChI=1S/C7H12N4/c8-10-9-7-5-11-3-1-6(7)2-4-11/h6-7H,1-5H2/t7-/m0/s1. The molecule has 0 N–H and O–H groups in total. The number of hydrogen-bond donors (Lipinski definition) is 0. The molecule has 0 radical (unpaired) electrons. The first-order valence-electron chi connectivity index (χ1n) is 4.16. The minimum absolute atomic E-state index is 0.266. The summed E-state index contributed by atoms with van der Waals surface area (Å²) in [7, 11) is 0. The zero-order valence-electron chi connectivity index (χ0n) is 6.48. The third-order valence-electron chi connectivity index (χ3n) is 2.82. The number of piperidine rings is 3. The second kappa shape index (κ2) is 2.72. The SMILES string of the molecule is [N-]=[N+]=N[C@H]1CN2CCC1CC2. The zero-order valence-corrected chi connectivity index (χ0v) is 6.48. The molecule has 0 aromatic rings. The minimum Gasteiger partial charge on any atom is -0.303 e. The Labute approximate surface area is 65.8 Å². The van der Waals surface area contributed by atoms with Crippen LogP contribution in [0.4, 0.5) is 0 Å². The van der Waals surface area contributed by atoms with Gasteiger partial charge in [-0.25, -0.2) is 0 Å². The van der Waals surface area contributed by atoms with Crippen molar-refractivity contribution in [3.63, 3.8) is 0 Å². The molecule has 4 nitrogen and oxygen atoms in total. The Bertz CT molecular complexity index is 189. The summed E-state index contributed by atoms with van der Waals surface area (Å²) in [5.41, 5.74) is 8.29. The Hall–Kier alpha value is -0.730. The third kappa shape index (κ3) is 1.19. The van der Waals surface area contributed by atoms with Gasteiger partial charge < -0.3 is 4.90 Å². The first-order chi connectivity index (χ1) is 5.40. The molecule has 0 aromatic carbocycles. The van der Waals surface area contributed by atoms with Crippen LogP contribution in [0.2, 0.25) is 0 Å². The molecule has 2 bridgehead atoms. The van der Waals surface area contributed by atoms with Crippen LogP contribution in [-0.4, -0.2) is 30.6 Å². The molecule has 0 amide bonds. The molecule has 3 fully saturated rings. The van der Waals surface area contributed by atoms with E-state index < -0.39 is 0 Å². The van der Waals surface area contributed by atoms with Gasteiger partial charge in [-0.2, -0.15) is 0 Å². The van der Waals surface area contributed by atoms with E-state index in [9.17, 15) is 0 Å². The van der Waals surface area contributed by atoms with Crippen molar-refractivity contribution < 1.29 is 0 Å². The molecular formula is C7H12N4. The normalized spacial score (nSPS) is 41.6. The lowest BCUT2D eigenvalue weighted by molar-refractivity contribution is 0.0898. The van der Waals surface area contributed by atoms with Crippen LogP contribution in [0, 0.1) is 5.92 Å². The molecule has 0 unspecified atom stereocenters. The van der Waals surface area contributed by atoms with Crippen molar-refractivity contribution in [1.82, 2.24) is 4.90 Å². The molecule has 11 heavy (non-hydrogen) atoms. The van der Waals surface area contributed by atoms with Crippen LogP contribution in [0.3, 0.4) is 0 Å². The molecule has 0 aliphatic carbocycles. The van der Waals surface area contributed by atoms with Gasteiger partial charge in [0.2, 0.25) is 0 Å². The smallest absolute Gasteiger partial charge is 0.0530 e. The molecule has 3 aliphatic heterocycles. The van der Waals surface area contributed by atoms with E-state index in [1.807, 2.05) is 0 Å². The minimum atomic E-state index is 0.266. The van der Waals surface area contributed by atoms with Crippen molar-refractivity contribution in [2.75, 3.05) is 19.6 Å². The lowest BCUT2D eigenvalue weighted by Gasteiger charge is -2.42. The maximum atomic E-state index is 8.29. The predicted molar refractivity (Wildman–Crippen MR) is 42.1 cm³/mol. The maximum absolute atomic E-state index is 8.29. The fourth-order valence-corrected chi connectivity index (χ4v) is 2.13. The quantitative estimate of drug-likeness (QED) is 0.318. The third-order valence-corrected chi connectivity index (χ3v) is 2.82. The van der Waals surface area contributed by atoms with E-state index in [0.717, 1.165) is 6.54 Å². The first kappa shape index (κ1) is 6.95. The van der Waals surface area contributed by atoms with E-state index in [1.54, 1.807) is 0 Å². The largest absolute Gasteiger partial charge is 0.303 e. The second-order valence-electron chi connectivity index (χ2n) is 3.41. The number of hydrogen-bond acceptors (Lipinski definition) is 2. The molecule has 4 heteroatoms. The summed E-state index contributed by atoms with van der Waals surface area (Å²) in [6, 6.07) is 0.266. The summed E-state index contributed by atoms with van der Waals surface area (Å²) < 4.78 is 0. The first-order valence-corrected chi connectivity index (χ1v) is 4.16. The van der Waals surface area contributed by atoms with Crippen LogP contribution in [0.5, 0.6) is 0 Å². The summed E-state index contributed by atoms with van der Waals surface area (Å²) in [5, 5.41) is 3.81. The van der Waals surface area contributed by atoms with Crippen LogP contribution in [0.1, 0.15) is 12.8 Å². The highest BCUT2D eigenvalue weighted by molar-refractivity contribution is 4.90. The lowest BCUT2D eigenvalue weighted by atomic mass is 9.85. The number of rotatable bonds is 1. The van der Waals surface area contributed by atoms with Crippen LogP contribution < -0.4 is 0 Å². The molecule has 0 spiro atoms. The van der Waals surface area contributed by atoms with Gasteiger partial charge >= 0.3 is 0 Å². The molecule has 3 aliphatic rings. The summed E-state index contributed by atoms with van der Waals surface area (Å²) in [5.74, 6) is 0.677. The highest BCUT2D eigenvalue weighted by Crippen LogP contribution is 2.29. The van der Waals surface area contributed by atoms with Crippen LogP contribution >= 0.6 is 0 Å². The Morgan fingerprint density at radius 3 is 2.55 bits per heavy atom. The highest BCUT2D eigenvalue weighted by Gasteiger charge is 2.33. The number of nitrogens with zero attached hydrogens (tertiary/aromatic N) is 4. The van der Waals surface area contributed by atoms with E-state index in [1.165, 1.54) is 25.9 Å². The monoisotopic (exact) mass is 152 g/mol. The molecule has 0 saturated carbocycles. The van der Waals surface area contributed by atoms with Crippen molar-refractivity contribution in [1.29, 1.82) is 0 Å². The average Bonchev–Trinajstić information content (AvgIpc) is 2.07. The molecule has 1 atom stereocenters. The molecule has 3 heterocycles. The van der Waals surface area contributed by atoms with Gasteiger partial charge in [0.25, 0.3) is 0 Å². The fourth-order valence-electron chi connectivity index (χ4n) is 2.13. The van der Waals surface area contributed by atoms with Gasteiger partial charge in [-0.3, -0.25) is 0 Å².